The summed E-state index contributed by atoms with van der Waals surface area (Å²) in [6.45, 7) is -0.0503. The minimum absolute atomic E-state index is 0.0301. The molecule has 1 heterocycles. The summed E-state index contributed by atoms with van der Waals surface area (Å²) in [4.78, 5) is 23.4. The first-order valence-corrected chi connectivity index (χ1v) is 6.54. The zero-order chi connectivity index (χ0) is 13.2. The smallest absolute Gasteiger partial charge is 0.262 e. The average molecular weight is 279 g/mol. The molecule has 1 aliphatic heterocycles. The molecule has 1 aromatic rings. The van der Waals surface area contributed by atoms with Crippen LogP contribution in [0.4, 0.5) is 11.4 Å². The van der Waals surface area contributed by atoms with E-state index in [-0.39, 0.29) is 23.8 Å². The minimum Gasteiger partial charge on any atom is -0.479 e. The molecule has 1 aromatic carbocycles. The van der Waals surface area contributed by atoms with Gasteiger partial charge in [0.25, 0.3) is 5.91 Å². The van der Waals surface area contributed by atoms with Crippen LogP contribution >= 0.6 is 11.6 Å². The second-order valence-corrected chi connectivity index (χ2v) is 5.82. The number of fused-ring (bicyclic) bond motifs is 2. The number of amides is 2. The first-order valence-electron chi connectivity index (χ1n) is 6.16. The molecule has 0 saturated heterocycles. The zero-order valence-corrected chi connectivity index (χ0v) is 10.7. The second-order valence-electron chi connectivity index (χ2n) is 5.38. The van der Waals surface area contributed by atoms with Crippen LogP contribution in [0.5, 0.6) is 5.75 Å². The van der Waals surface area contributed by atoms with Crippen molar-refractivity contribution in [1.82, 2.24) is 0 Å². The average Bonchev–Trinajstić information content (AvgIpc) is 3.15. The lowest BCUT2D eigenvalue weighted by Gasteiger charge is -2.21. The third kappa shape index (κ3) is 1.61. The van der Waals surface area contributed by atoms with E-state index in [2.05, 4.69) is 10.6 Å². The highest BCUT2D eigenvalue weighted by atomic mass is 35.5. The van der Waals surface area contributed by atoms with Crippen LogP contribution in [0, 0.1) is 11.3 Å². The topological polar surface area (TPSA) is 67.4 Å². The van der Waals surface area contributed by atoms with Gasteiger partial charge in [0.15, 0.2) is 12.4 Å². The summed E-state index contributed by atoms with van der Waals surface area (Å²) in [5, 5.41) is 5.99. The predicted molar refractivity (Wildman–Crippen MR) is 69.4 cm³/mol. The number of hydrogen-bond acceptors (Lipinski definition) is 3. The van der Waals surface area contributed by atoms with E-state index in [4.69, 9.17) is 16.3 Å². The Bertz CT molecular complexity index is 623. The van der Waals surface area contributed by atoms with E-state index >= 15 is 0 Å². The van der Waals surface area contributed by atoms with Crippen molar-refractivity contribution in [2.24, 2.45) is 11.3 Å². The van der Waals surface area contributed by atoms with Crippen molar-refractivity contribution in [3.8, 4) is 5.75 Å². The fourth-order valence-electron chi connectivity index (χ4n) is 2.58. The number of anilines is 2. The van der Waals surface area contributed by atoms with E-state index in [1.165, 1.54) is 0 Å². The molecule has 0 spiro atoms. The Hall–Kier alpha value is -1.75. The molecule has 2 N–H and O–H groups in total. The Morgan fingerprint density at radius 3 is 2.89 bits per heavy atom. The molecule has 2 saturated carbocycles. The number of carbonyl (C=O) groups is 2. The van der Waals surface area contributed by atoms with Gasteiger partial charge in [0.05, 0.1) is 16.8 Å². The van der Waals surface area contributed by atoms with Gasteiger partial charge in [-0.25, -0.2) is 0 Å². The van der Waals surface area contributed by atoms with Gasteiger partial charge in [-0.2, -0.15) is 0 Å². The third-order valence-electron chi connectivity index (χ3n) is 4.06. The molecular formula is C13H11ClN2O3. The highest BCUT2D eigenvalue weighted by Gasteiger charge is 2.74. The first kappa shape index (κ1) is 11.1. The van der Waals surface area contributed by atoms with Gasteiger partial charge in [-0.1, -0.05) is 11.6 Å². The molecule has 5 nitrogen and oxygen atoms in total. The highest BCUT2D eigenvalue weighted by molar-refractivity contribution is 6.31. The van der Waals surface area contributed by atoms with Gasteiger partial charge < -0.3 is 15.4 Å². The molecular weight excluding hydrogens is 268 g/mol. The van der Waals surface area contributed by atoms with Crippen LogP contribution in [0.3, 0.4) is 0 Å². The molecule has 0 unspecified atom stereocenters. The van der Waals surface area contributed by atoms with Crippen LogP contribution < -0.4 is 15.4 Å². The third-order valence-corrected chi connectivity index (χ3v) is 4.28. The maximum absolute atomic E-state index is 12.1. The van der Waals surface area contributed by atoms with Gasteiger partial charge in [0.2, 0.25) is 5.91 Å². The van der Waals surface area contributed by atoms with E-state index in [1.807, 2.05) is 0 Å². The monoisotopic (exact) mass is 278 g/mol. The molecule has 0 radical (unpaired) electrons. The number of carbonyl (C=O) groups excluding carboxylic acids is 2. The quantitative estimate of drug-likeness (QED) is 0.870. The fourth-order valence-corrected chi connectivity index (χ4v) is 2.80. The minimum atomic E-state index is -0.227. The molecule has 19 heavy (non-hydrogen) atoms. The maximum atomic E-state index is 12.1. The van der Waals surface area contributed by atoms with Gasteiger partial charge in [0.1, 0.15) is 0 Å². The van der Waals surface area contributed by atoms with E-state index in [1.54, 1.807) is 12.1 Å². The fraction of sp³-hybridized carbons (Fsp3) is 0.385. The predicted octanol–water partition coefficient (Wildman–Crippen LogP) is 2.02. The Morgan fingerprint density at radius 1 is 1.47 bits per heavy atom. The second kappa shape index (κ2) is 3.42. The number of halogens is 1. The summed E-state index contributed by atoms with van der Waals surface area (Å²) >= 11 is 6.00. The van der Waals surface area contributed by atoms with Crippen molar-refractivity contribution >= 4 is 34.8 Å². The van der Waals surface area contributed by atoms with E-state index in [0.29, 0.717) is 28.1 Å². The van der Waals surface area contributed by atoms with Gasteiger partial charge >= 0.3 is 0 Å². The lowest BCUT2D eigenvalue weighted by atomic mass is 10.1. The van der Waals surface area contributed by atoms with E-state index < -0.39 is 0 Å². The van der Waals surface area contributed by atoms with Crippen LogP contribution in [0.25, 0.3) is 0 Å². The Labute approximate surface area is 114 Å². The zero-order valence-electron chi connectivity index (χ0n) is 9.96. The molecule has 2 amide bonds. The standard InChI is InChI=1S/C13H11ClN2O3/c14-7-1-8-11(19-5-10(17)15-8)9(2-7)16-12(18)13-3-6(13)4-13/h1-2,6H,3-5H2,(H,15,17)(H,16,18). The summed E-state index contributed by atoms with van der Waals surface area (Å²) in [5.74, 6) is 0.854. The SMILES string of the molecule is O=C1COc2c(cc(Cl)cc2NC(=O)C23CC2C3)N1. The molecule has 2 fully saturated rings. The molecule has 6 heteroatoms. The van der Waals surface area contributed by atoms with Gasteiger partial charge in [-0.15, -0.1) is 0 Å². The number of benzene rings is 1. The van der Waals surface area contributed by atoms with Crippen molar-refractivity contribution in [2.75, 3.05) is 17.2 Å². The van der Waals surface area contributed by atoms with Crippen molar-refractivity contribution in [3.05, 3.63) is 17.2 Å². The van der Waals surface area contributed by atoms with Crippen molar-refractivity contribution in [2.45, 2.75) is 12.8 Å². The van der Waals surface area contributed by atoms with Crippen LogP contribution in [0.2, 0.25) is 5.02 Å². The molecule has 98 valence electrons. The Balaban J connectivity index is 1.67. The van der Waals surface area contributed by atoms with Gasteiger partial charge in [0, 0.05) is 5.02 Å². The summed E-state index contributed by atoms with van der Waals surface area (Å²) in [6, 6.07) is 3.26. The van der Waals surface area contributed by atoms with Crippen LogP contribution in [-0.2, 0) is 9.59 Å². The van der Waals surface area contributed by atoms with Crippen molar-refractivity contribution < 1.29 is 14.3 Å². The van der Waals surface area contributed by atoms with Crippen molar-refractivity contribution in [1.29, 1.82) is 0 Å². The normalized spacial score (nSPS) is 29.5. The van der Waals surface area contributed by atoms with E-state index in [0.717, 1.165) is 12.8 Å². The summed E-state index contributed by atoms with van der Waals surface area (Å²) < 4.78 is 5.38. The first-order chi connectivity index (χ1) is 9.08. The molecule has 0 bridgehead atoms. The van der Waals surface area contributed by atoms with Crippen LogP contribution in [0.15, 0.2) is 12.1 Å². The maximum Gasteiger partial charge on any atom is 0.262 e. The molecule has 0 aromatic heterocycles. The molecule has 2 aliphatic carbocycles. The summed E-state index contributed by atoms with van der Waals surface area (Å²) in [5.41, 5.74) is 0.909. The highest BCUT2D eigenvalue weighted by Crippen LogP contribution is 2.75. The molecule has 3 aliphatic rings. The number of rotatable bonds is 2. The number of nitrogens with one attached hydrogen (secondary N) is 2. The van der Waals surface area contributed by atoms with Gasteiger partial charge in [-0.3, -0.25) is 9.59 Å². The van der Waals surface area contributed by atoms with Crippen LogP contribution in [-0.4, -0.2) is 18.4 Å². The van der Waals surface area contributed by atoms with Crippen molar-refractivity contribution in [3.63, 3.8) is 0 Å². The van der Waals surface area contributed by atoms with Gasteiger partial charge in [-0.05, 0) is 30.9 Å². The van der Waals surface area contributed by atoms with Crippen LogP contribution in [0.1, 0.15) is 12.8 Å². The number of hydrogen-bond donors (Lipinski definition) is 2. The lowest BCUT2D eigenvalue weighted by molar-refractivity contribution is -0.119. The number of ether oxygens (including phenoxy) is 1. The summed E-state index contributed by atoms with van der Waals surface area (Å²) in [7, 11) is 0. The molecule has 0 atom stereocenters. The largest absolute Gasteiger partial charge is 0.479 e. The Morgan fingerprint density at radius 2 is 2.21 bits per heavy atom. The van der Waals surface area contributed by atoms with E-state index in [9.17, 15) is 9.59 Å². The Kier molecular flexibility index (Phi) is 2.00. The molecule has 4 rings (SSSR count). The lowest BCUT2D eigenvalue weighted by Crippen LogP contribution is -2.27. The summed E-state index contributed by atoms with van der Waals surface area (Å²) in [6.07, 6.45) is 1.97.